The summed E-state index contributed by atoms with van der Waals surface area (Å²) in [5, 5.41) is 3.49. The van der Waals surface area contributed by atoms with Gasteiger partial charge in [-0.1, -0.05) is 34.6 Å². The molecule has 0 aromatic heterocycles. The van der Waals surface area contributed by atoms with E-state index in [0.29, 0.717) is 12.1 Å². The molecule has 0 aromatic carbocycles. The van der Waals surface area contributed by atoms with E-state index in [1.54, 1.807) is 0 Å². The molecule has 0 saturated heterocycles. The van der Waals surface area contributed by atoms with E-state index in [0.717, 1.165) is 18.4 Å². The number of hydrogen-bond donors (Lipinski definition) is 1. The zero-order valence-corrected chi connectivity index (χ0v) is 11.7. The van der Waals surface area contributed by atoms with Crippen LogP contribution in [0.15, 0.2) is 0 Å². The Kier molecular flexibility index (Phi) is 7.20. The molecule has 1 N–H and O–H groups in total. The van der Waals surface area contributed by atoms with E-state index in [4.69, 9.17) is 0 Å². The molecule has 0 fully saturated rings. The van der Waals surface area contributed by atoms with Crippen molar-refractivity contribution in [3.05, 3.63) is 0 Å². The average molecular weight is 214 g/mol. The van der Waals surface area contributed by atoms with Crippen LogP contribution in [0.5, 0.6) is 0 Å². The van der Waals surface area contributed by atoms with Crippen molar-refractivity contribution in [1.29, 1.82) is 0 Å². The van der Waals surface area contributed by atoms with Crippen LogP contribution in [0, 0.1) is 11.8 Å². The van der Waals surface area contributed by atoms with Gasteiger partial charge in [-0.25, -0.2) is 0 Å². The molecule has 0 amide bonds. The highest BCUT2D eigenvalue weighted by molar-refractivity contribution is 4.70. The summed E-state index contributed by atoms with van der Waals surface area (Å²) in [4.78, 5) is 2.47. The van der Waals surface area contributed by atoms with Crippen LogP contribution in [0.4, 0.5) is 0 Å². The largest absolute Gasteiger partial charge is 0.314 e. The minimum Gasteiger partial charge on any atom is -0.314 e. The Morgan fingerprint density at radius 3 is 1.93 bits per heavy atom. The maximum Gasteiger partial charge on any atom is 0.00870 e. The average Bonchev–Trinajstić information content (AvgIpc) is 2.13. The molecule has 0 aliphatic heterocycles. The van der Waals surface area contributed by atoms with Crippen molar-refractivity contribution < 1.29 is 0 Å². The Labute approximate surface area is 96.4 Å². The van der Waals surface area contributed by atoms with Gasteiger partial charge in [0.1, 0.15) is 0 Å². The van der Waals surface area contributed by atoms with Crippen molar-refractivity contribution in [3.63, 3.8) is 0 Å². The third kappa shape index (κ3) is 6.91. The third-order valence-electron chi connectivity index (χ3n) is 3.13. The molecule has 0 aromatic rings. The molecule has 0 radical (unpaired) electrons. The highest BCUT2D eigenvalue weighted by atomic mass is 15.1. The quantitative estimate of drug-likeness (QED) is 0.701. The first-order chi connectivity index (χ1) is 6.84. The first-order valence-electron chi connectivity index (χ1n) is 6.28. The van der Waals surface area contributed by atoms with E-state index >= 15 is 0 Å². The predicted molar refractivity (Wildman–Crippen MR) is 69.2 cm³/mol. The zero-order valence-electron chi connectivity index (χ0n) is 11.7. The lowest BCUT2D eigenvalue weighted by Gasteiger charge is -2.30. The lowest BCUT2D eigenvalue weighted by atomic mass is 10.0. The van der Waals surface area contributed by atoms with Gasteiger partial charge in [-0.05, 0) is 32.4 Å². The van der Waals surface area contributed by atoms with Crippen molar-refractivity contribution >= 4 is 0 Å². The maximum absolute atomic E-state index is 3.49. The number of rotatable bonds is 7. The standard InChI is InChI=1S/C13H30N2/c1-10(2)13(6)15(7)9-12(5)8-14-11(3)4/h10-14H,8-9H2,1-7H3. The summed E-state index contributed by atoms with van der Waals surface area (Å²) in [5.74, 6) is 1.46. The summed E-state index contributed by atoms with van der Waals surface area (Å²) < 4.78 is 0. The Morgan fingerprint density at radius 1 is 1.00 bits per heavy atom. The fourth-order valence-corrected chi connectivity index (χ4v) is 1.67. The molecule has 2 unspecified atom stereocenters. The predicted octanol–water partition coefficient (Wildman–Crippen LogP) is 2.60. The fraction of sp³-hybridized carbons (Fsp3) is 1.00. The molecule has 0 bridgehead atoms. The minimum absolute atomic E-state index is 0.597. The second kappa shape index (κ2) is 7.24. The Hall–Kier alpha value is -0.0800. The van der Waals surface area contributed by atoms with E-state index in [2.05, 4.69) is 58.8 Å². The van der Waals surface area contributed by atoms with E-state index in [1.165, 1.54) is 6.54 Å². The molecule has 2 heteroatoms. The number of nitrogens with zero attached hydrogens (tertiary/aromatic N) is 1. The summed E-state index contributed by atoms with van der Waals surface area (Å²) in [5.41, 5.74) is 0. The first kappa shape index (κ1) is 14.9. The molecule has 0 aliphatic carbocycles. The molecule has 2 nitrogen and oxygen atoms in total. The van der Waals surface area contributed by atoms with Crippen LogP contribution in [-0.2, 0) is 0 Å². The summed E-state index contributed by atoms with van der Waals surface area (Å²) >= 11 is 0. The fourth-order valence-electron chi connectivity index (χ4n) is 1.67. The van der Waals surface area contributed by atoms with Gasteiger partial charge in [0, 0.05) is 18.6 Å². The van der Waals surface area contributed by atoms with Gasteiger partial charge in [0.25, 0.3) is 0 Å². The number of nitrogens with one attached hydrogen (secondary N) is 1. The van der Waals surface area contributed by atoms with Crippen LogP contribution in [0.1, 0.15) is 41.5 Å². The van der Waals surface area contributed by atoms with Crippen LogP contribution < -0.4 is 5.32 Å². The van der Waals surface area contributed by atoms with Gasteiger partial charge in [-0.15, -0.1) is 0 Å². The van der Waals surface area contributed by atoms with Crippen LogP contribution >= 0.6 is 0 Å². The Morgan fingerprint density at radius 2 is 1.53 bits per heavy atom. The van der Waals surface area contributed by atoms with Gasteiger partial charge in [0.05, 0.1) is 0 Å². The van der Waals surface area contributed by atoms with Crippen molar-refractivity contribution in [2.24, 2.45) is 11.8 Å². The molecule has 2 atom stereocenters. The summed E-state index contributed by atoms with van der Waals surface area (Å²) in [6, 6.07) is 1.27. The third-order valence-corrected chi connectivity index (χ3v) is 3.13. The van der Waals surface area contributed by atoms with Crippen LogP contribution in [0.2, 0.25) is 0 Å². The normalized spacial score (nSPS) is 16.4. The molecule has 0 aliphatic rings. The molecule has 0 rings (SSSR count). The second-order valence-electron chi connectivity index (χ2n) is 5.59. The molecule has 0 saturated carbocycles. The Bertz CT molecular complexity index is 155. The van der Waals surface area contributed by atoms with Gasteiger partial charge in [-0.2, -0.15) is 0 Å². The van der Waals surface area contributed by atoms with Gasteiger partial charge >= 0.3 is 0 Å². The van der Waals surface area contributed by atoms with E-state index in [-0.39, 0.29) is 0 Å². The van der Waals surface area contributed by atoms with E-state index in [1.807, 2.05) is 0 Å². The van der Waals surface area contributed by atoms with Crippen molar-refractivity contribution in [2.75, 3.05) is 20.1 Å². The van der Waals surface area contributed by atoms with E-state index < -0.39 is 0 Å². The molecular weight excluding hydrogens is 184 g/mol. The highest BCUT2D eigenvalue weighted by Gasteiger charge is 2.15. The molecular formula is C13H30N2. The van der Waals surface area contributed by atoms with Crippen molar-refractivity contribution in [2.45, 2.75) is 53.6 Å². The van der Waals surface area contributed by atoms with Gasteiger partial charge < -0.3 is 10.2 Å². The summed E-state index contributed by atoms with van der Waals surface area (Å²) in [6.07, 6.45) is 0. The molecule has 92 valence electrons. The SMILES string of the molecule is CC(CNC(C)C)CN(C)C(C)C(C)C. The number of hydrogen-bond acceptors (Lipinski definition) is 2. The zero-order chi connectivity index (χ0) is 12.0. The molecule has 0 heterocycles. The van der Waals surface area contributed by atoms with Crippen molar-refractivity contribution in [1.82, 2.24) is 10.2 Å². The van der Waals surface area contributed by atoms with Gasteiger partial charge in [0.15, 0.2) is 0 Å². The topological polar surface area (TPSA) is 15.3 Å². The van der Waals surface area contributed by atoms with Gasteiger partial charge in [-0.3, -0.25) is 0 Å². The van der Waals surface area contributed by atoms with Gasteiger partial charge in [0.2, 0.25) is 0 Å². The Balaban J connectivity index is 3.80. The lowest BCUT2D eigenvalue weighted by molar-refractivity contribution is 0.181. The molecule has 0 spiro atoms. The summed E-state index contributed by atoms with van der Waals surface area (Å²) in [6.45, 7) is 15.9. The highest BCUT2D eigenvalue weighted by Crippen LogP contribution is 2.09. The monoisotopic (exact) mass is 214 g/mol. The van der Waals surface area contributed by atoms with Crippen molar-refractivity contribution in [3.8, 4) is 0 Å². The van der Waals surface area contributed by atoms with E-state index in [9.17, 15) is 0 Å². The summed E-state index contributed by atoms with van der Waals surface area (Å²) in [7, 11) is 2.23. The first-order valence-corrected chi connectivity index (χ1v) is 6.28. The molecule has 15 heavy (non-hydrogen) atoms. The van der Waals surface area contributed by atoms with Crippen LogP contribution in [0.25, 0.3) is 0 Å². The van der Waals surface area contributed by atoms with Crippen LogP contribution in [-0.4, -0.2) is 37.1 Å². The lowest BCUT2D eigenvalue weighted by Crippen LogP contribution is -2.39. The smallest absolute Gasteiger partial charge is 0.00870 e. The maximum atomic E-state index is 3.49. The van der Waals surface area contributed by atoms with Crippen LogP contribution in [0.3, 0.4) is 0 Å². The second-order valence-corrected chi connectivity index (χ2v) is 5.59. The minimum atomic E-state index is 0.597.